The molecule has 0 aliphatic heterocycles. The first-order valence-electron chi connectivity index (χ1n) is 9.23. The van der Waals surface area contributed by atoms with Crippen LogP contribution in [0.3, 0.4) is 0 Å². The normalized spacial score (nSPS) is 9.16. The quantitative estimate of drug-likeness (QED) is 0.616. The van der Waals surface area contributed by atoms with Crippen LogP contribution in [0.2, 0.25) is 0 Å². The Labute approximate surface area is 152 Å². The van der Waals surface area contributed by atoms with Crippen molar-refractivity contribution < 1.29 is 0 Å². The second-order valence-electron chi connectivity index (χ2n) is 4.75. The van der Waals surface area contributed by atoms with Gasteiger partial charge >= 0.3 is 0 Å². The minimum absolute atomic E-state index is 0.00145. The minimum Gasteiger partial charge on any atom is -0.329 e. The van der Waals surface area contributed by atoms with E-state index < -0.39 is 0 Å². The van der Waals surface area contributed by atoms with Gasteiger partial charge in [-0.25, -0.2) is 9.38 Å². The van der Waals surface area contributed by atoms with Crippen molar-refractivity contribution in [2.24, 2.45) is 0 Å². The maximum atomic E-state index is 12.3. The molecular weight excluding hydrogens is 310 g/mol. The number of fused-ring (bicyclic) bond motifs is 1. The van der Waals surface area contributed by atoms with E-state index >= 15 is 0 Å². The molecule has 0 radical (unpaired) electrons. The van der Waals surface area contributed by atoms with Crippen LogP contribution in [-0.4, -0.2) is 14.4 Å². The number of imidazole rings is 1. The van der Waals surface area contributed by atoms with Crippen LogP contribution in [0.25, 0.3) is 17.0 Å². The third-order valence-corrected chi connectivity index (χ3v) is 3.54. The maximum absolute atomic E-state index is 12.3. The third kappa shape index (κ3) is 4.81. The SMILES string of the molecule is CC.CC.CC.Cc1[nH]c2nc(-c3ccccc3)c(C)n2c(=O)c1C. The van der Waals surface area contributed by atoms with Crippen LogP contribution in [0.4, 0.5) is 0 Å². The summed E-state index contributed by atoms with van der Waals surface area (Å²) in [5.74, 6) is 0.601. The highest BCUT2D eigenvalue weighted by atomic mass is 16.1. The van der Waals surface area contributed by atoms with Crippen LogP contribution in [-0.2, 0) is 0 Å². The van der Waals surface area contributed by atoms with Crippen molar-refractivity contribution in [3.63, 3.8) is 0 Å². The fourth-order valence-electron chi connectivity index (χ4n) is 2.29. The number of benzene rings is 1. The van der Waals surface area contributed by atoms with Crippen molar-refractivity contribution in [2.45, 2.75) is 62.3 Å². The number of aryl methyl sites for hydroxylation is 2. The zero-order chi connectivity index (χ0) is 19.6. The largest absolute Gasteiger partial charge is 0.329 e. The van der Waals surface area contributed by atoms with Gasteiger partial charge in [0.05, 0.1) is 11.4 Å². The molecule has 0 bridgehead atoms. The Morgan fingerprint density at radius 3 is 1.92 bits per heavy atom. The van der Waals surface area contributed by atoms with E-state index in [-0.39, 0.29) is 5.56 Å². The van der Waals surface area contributed by atoms with Crippen molar-refractivity contribution in [3.8, 4) is 11.3 Å². The predicted octanol–water partition coefficient (Wildman–Crippen LogP) is 5.69. The summed E-state index contributed by atoms with van der Waals surface area (Å²) in [6.07, 6.45) is 0. The van der Waals surface area contributed by atoms with Gasteiger partial charge in [0.25, 0.3) is 5.56 Å². The van der Waals surface area contributed by atoms with Gasteiger partial charge < -0.3 is 4.98 Å². The minimum atomic E-state index is -0.00145. The van der Waals surface area contributed by atoms with E-state index in [2.05, 4.69) is 9.97 Å². The van der Waals surface area contributed by atoms with Gasteiger partial charge in [0, 0.05) is 16.8 Å². The second-order valence-corrected chi connectivity index (χ2v) is 4.75. The van der Waals surface area contributed by atoms with Crippen molar-refractivity contribution in [3.05, 3.63) is 57.6 Å². The number of hydrogen-bond donors (Lipinski definition) is 1. The Hall–Kier alpha value is -2.36. The number of aromatic nitrogens is 3. The molecule has 0 aliphatic carbocycles. The Bertz CT molecular complexity index is 815. The Kier molecular flexibility index (Phi) is 10.2. The summed E-state index contributed by atoms with van der Waals surface area (Å²) in [7, 11) is 0. The van der Waals surface area contributed by atoms with Gasteiger partial charge in [-0.15, -0.1) is 0 Å². The van der Waals surface area contributed by atoms with Gasteiger partial charge in [0.1, 0.15) is 0 Å². The number of H-pyrrole nitrogens is 1. The molecule has 2 aromatic heterocycles. The summed E-state index contributed by atoms with van der Waals surface area (Å²) in [6.45, 7) is 17.6. The fraction of sp³-hybridized carbons (Fsp3) is 0.429. The van der Waals surface area contributed by atoms with E-state index in [1.807, 2.05) is 92.6 Å². The summed E-state index contributed by atoms with van der Waals surface area (Å²) in [4.78, 5) is 20.1. The lowest BCUT2D eigenvalue weighted by atomic mass is 10.1. The highest BCUT2D eigenvalue weighted by Gasteiger charge is 2.14. The van der Waals surface area contributed by atoms with Crippen molar-refractivity contribution in [1.29, 1.82) is 0 Å². The average molecular weight is 344 g/mol. The Morgan fingerprint density at radius 1 is 0.880 bits per heavy atom. The fourth-order valence-corrected chi connectivity index (χ4v) is 2.29. The summed E-state index contributed by atoms with van der Waals surface area (Å²) in [5.41, 5.74) is 4.32. The van der Waals surface area contributed by atoms with E-state index in [0.29, 0.717) is 5.78 Å². The Balaban J connectivity index is 0.000000871. The molecule has 2 heterocycles. The molecular formula is C21H33N3O. The molecule has 0 atom stereocenters. The lowest BCUT2D eigenvalue weighted by Crippen LogP contribution is -2.19. The molecule has 3 aromatic rings. The van der Waals surface area contributed by atoms with Gasteiger partial charge in [0.15, 0.2) is 0 Å². The smallest absolute Gasteiger partial charge is 0.262 e. The molecule has 0 unspecified atom stereocenters. The number of rotatable bonds is 1. The van der Waals surface area contributed by atoms with Crippen LogP contribution in [0.5, 0.6) is 0 Å². The van der Waals surface area contributed by atoms with Crippen molar-refractivity contribution in [2.75, 3.05) is 0 Å². The number of nitrogens with one attached hydrogen (secondary N) is 1. The molecule has 0 aliphatic rings. The molecule has 4 heteroatoms. The predicted molar refractivity (Wildman–Crippen MR) is 110 cm³/mol. The van der Waals surface area contributed by atoms with Gasteiger partial charge in [-0.1, -0.05) is 71.9 Å². The van der Waals surface area contributed by atoms with Crippen LogP contribution >= 0.6 is 0 Å². The van der Waals surface area contributed by atoms with E-state index in [4.69, 9.17) is 0 Å². The Morgan fingerprint density at radius 2 is 1.40 bits per heavy atom. The highest BCUT2D eigenvalue weighted by Crippen LogP contribution is 2.22. The molecule has 0 amide bonds. The molecule has 0 fully saturated rings. The maximum Gasteiger partial charge on any atom is 0.262 e. The number of aromatic amines is 1. The lowest BCUT2D eigenvalue weighted by Gasteiger charge is -2.02. The molecule has 0 saturated heterocycles. The van der Waals surface area contributed by atoms with Crippen LogP contribution in [0.15, 0.2) is 35.1 Å². The van der Waals surface area contributed by atoms with Crippen LogP contribution in [0, 0.1) is 20.8 Å². The average Bonchev–Trinajstić information content (AvgIpc) is 3.01. The molecule has 138 valence electrons. The summed E-state index contributed by atoms with van der Waals surface area (Å²) < 4.78 is 1.64. The molecule has 0 saturated carbocycles. The van der Waals surface area contributed by atoms with Crippen molar-refractivity contribution >= 4 is 5.78 Å². The lowest BCUT2D eigenvalue weighted by molar-refractivity contribution is 0.961. The third-order valence-electron chi connectivity index (χ3n) is 3.54. The second kappa shape index (κ2) is 11.2. The number of hydrogen-bond acceptors (Lipinski definition) is 2. The van der Waals surface area contributed by atoms with Gasteiger partial charge in [-0.3, -0.25) is 4.79 Å². The molecule has 3 rings (SSSR count). The zero-order valence-electron chi connectivity index (χ0n) is 17.2. The van der Waals surface area contributed by atoms with E-state index in [9.17, 15) is 4.79 Å². The summed E-state index contributed by atoms with van der Waals surface area (Å²) in [6, 6.07) is 9.90. The number of nitrogens with zero attached hydrogens (tertiary/aromatic N) is 2. The molecule has 0 spiro atoms. The van der Waals surface area contributed by atoms with E-state index in [0.717, 1.165) is 28.2 Å². The van der Waals surface area contributed by atoms with Gasteiger partial charge in [-0.2, -0.15) is 0 Å². The first-order chi connectivity index (χ1) is 12.1. The molecule has 4 nitrogen and oxygen atoms in total. The summed E-state index contributed by atoms with van der Waals surface area (Å²) in [5, 5.41) is 0. The van der Waals surface area contributed by atoms with Gasteiger partial charge in [0.2, 0.25) is 5.78 Å². The highest BCUT2D eigenvalue weighted by molar-refractivity contribution is 5.65. The molecule has 1 N–H and O–H groups in total. The van der Waals surface area contributed by atoms with Crippen LogP contribution < -0.4 is 5.56 Å². The van der Waals surface area contributed by atoms with Crippen LogP contribution in [0.1, 0.15) is 58.5 Å². The van der Waals surface area contributed by atoms with Gasteiger partial charge in [-0.05, 0) is 20.8 Å². The topological polar surface area (TPSA) is 50.2 Å². The zero-order valence-corrected chi connectivity index (χ0v) is 17.2. The first-order valence-corrected chi connectivity index (χ1v) is 9.23. The summed E-state index contributed by atoms with van der Waals surface area (Å²) >= 11 is 0. The first kappa shape index (κ1) is 22.6. The van der Waals surface area contributed by atoms with E-state index in [1.165, 1.54) is 0 Å². The van der Waals surface area contributed by atoms with E-state index in [1.54, 1.807) is 4.40 Å². The standard InChI is InChI=1S/C15H15N3O.3C2H6/c1-9-10(2)16-15-17-13(11(3)18(15)14(9)19)12-7-5-4-6-8-12;3*1-2/h4-8H,1-3H3,(H,16,17);3*1-2H3. The molecule has 25 heavy (non-hydrogen) atoms. The van der Waals surface area contributed by atoms with Crippen molar-refractivity contribution in [1.82, 2.24) is 14.4 Å². The molecule has 1 aromatic carbocycles. The monoisotopic (exact) mass is 343 g/mol.